The summed E-state index contributed by atoms with van der Waals surface area (Å²) < 4.78 is 31.2. The number of quaternary nitrogens is 1. The van der Waals surface area contributed by atoms with Crippen LogP contribution in [0.25, 0.3) is 32.9 Å². The average molecular weight is 641 g/mol. The molecule has 2 aliphatic heterocycles. The van der Waals surface area contributed by atoms with E-state index in [4.69, 9.17) is 20.8 Å². The second-order valence-corrected chi connectivity index (χ2v) is 14.0. The molecule has 0 saturated carbocycles. The highest BCUT2D eigenvalue weighted by Gasteiger charge is 2.33. The second-order valence-electron chi connectivity index (χ2n) is 11.4. The smallest absolute Gasteiger partial charge is 0.247 e. The van der Waals surface area contributed by atoms with Crippen LogP contribution in [0, 0.1) is 5.82 Å². The third kappa shape index (κ3) is 5.28. The minimum Gasteiger partial charge on any atom is -0.487 e. The molecule has 5 heterocycles. The number of likely N-dealkylation sites (N-methyl/N-ethyl adjacent to an activating group) is 1. The van der Waals surface area contributed by atoms with Crippen LogP contribution in [0.5, 0.6) is 5.75 Å². The van der Waals surface area contributed by atoms with Crippen LogP contribution < -0.4 is 15.1 Å². The quantitative estimate of drug-likeness (QED) is 0.176. The largest absolute Gasteiger partial charge is 0.487 e. The molecule has 14 heteroatoms. The van der Waals surface area contributed by atoms with Crippen LogP contribution in [0.15, 0.2) is 50.1 Å². The van der Waals surface area contributed by atoms with Crippen LogP contribution in [0.1, 0.15) is 18.9 Å². The maximum Gasteiger partial charge on any atom is 0.247 e. The number of benzene rings is 2. The van der Waals surface area contributed by atoms with Crippen LogP contribution in [-0.4, -0.2) is 76.3 Å². The van der Waals surface area contributed by atoms with Crippen molar-refractivity contribution in [3.8, 4) is 27.8 Å². The lowest BCUT2D eigenvalue weighted by Gasteiger charge is -2.41. The van der Waals surface area contributed by atoms with E-state index < -0.39 is 5.82 Å². The summed E-state index contributed by atoms with van der Waals surface area (Å²) in [6.45, 7) is 5.60. The van der Waals surface area contributed by atoms with Crippen molar-refractivity contribution >= 4 is 51.3 Å². The molecule has 0 N–H and O–H groups in total. The van der Waals surface area contributed by atoms with Crippen molar-refractivity contribution in [3.05, 3.63) is 63.5 Å². The summed E-state index contributed by atoms with van der Waals surface area (Å²) in [6, 6.07) is 8.46. The Morgan fingerprint density at radius 1 is 1.14 bits per heavy atom. The van der Waals surface area contributed by atoms with Crippen LogP contribution in [0.4, 0.5) is 10.1 Å². The van der Waals surface area contributed by atoms with Gasteiger partial charge in [0.25, 0.3) is 0 Å². The zero-order chi connectivity index (χ0) is 29.9. The number of hydrogen-bond donors (Lipinski definition) is 0. The van der Waals surface area contributed by atoms with E-state index in [9.17, 15) is 4.79 Å². The van der Waals surface area contributed by atoms with E-state index in [0.29, 0.717) is 74.1 Å². The first-order valence-corrected chi connectivity index (χ1v) is 16.0. The molecule has 10 nitrogen and oxygen atoms in total. The number of ether oxygens (including phenoxy) is 1. The molecule has 1 atom stereocenters. The Morgan fingerprint density at radius 2 is 1.91 bits per heavy atom. The van der Waals surface area contributed by atoms with E-state index in [1.165, 1.54) is 29.2 Å². The van der Waals surface area contributed by atoms with E-state index in [-0.39, 0.29) is 16.9 Å². The molecule has 0 bridgehead atoms. The van der Waals surface area contributed by atoms with Crippen LogP contribution in [-0.2, 0) is 5.75 Å². The Labute approximate surface area is 259 Å². The van der Waals surface area contributed by atoms with Gasteiger partial charge < -0.3 is 23.1 Å². The average Bonchev–Trinajstić information content (AvgIpc) is 3.66. The standard InChI is InChI=1S/C29H28ClFN7O3S2/c1-16-14-40-26-23-19(12-21(31)24(26)36-8-10-38(2,3)11-9-36)25(39)20(13-37(16)23)28-34-35-29(43-28)42-15-22-32-33-27(41-22)17-4-6-18(30)7-5-17/h4-7,12-13,16H,8-11,14-15H2,1-3H3/q+1/t16-/m0/s1. The Balaban J connectivity index is 1.18. The molecule has 5 aromatic rings. The summed E-state index contributed by atoms with van der Waals surface area (Å²) in [5.74, 6) is 1.21. The van der Waals surface area contributed by atoms with Gasteiger partial charge in [0.2, 0.25) is 11.8 Å². The van der Waals surface area contributed by atoms with Crippen LogP contribution in [0.3, 0.4) is 0 Å². The van der Waals surface area contributed by atoms with Crippen LogP contribution >= 0.6 is 34.7 Å². The number of hydrogen-bond acceptors (Lipinski definition) is 10. The van der Waals surface area contributed by atoms with Crippen molar-refractivity contribution in [2.45, 2.75) is 23.1 Å². The fraction of sp³-hybridized carbons (Fsp3) is 0.345. The highest BCUT2D eigenvalue weighted by Crippen LogP contribution is 2.43. The predicted octanol–water partition coefficient (Wildman–Crippen LogP) is 5.50. The number of thioether (sulfide) groups is 1. The van der Waals surface area contributed by atoms with Gasteiger partial charge in [-0.2, -0.15) is 0 Å². The van der Waals surface area contributed by atoms with E-state index in [1.54, 1.807) is 12.1 Å². The Kier molecular flexibility index (Phi) is 7.15. The number of piperazine rings is 1. The van der Waals surface area contributed by atoms with Gasteiger partial charge in [-0.15, -0.1) is 20.4 Å². The molecular formula is C29H28ClFN7O3S2+. The van der Waals surface area contributed by atoms with Gasteiger partial charge in [-0.1, -0.05) is 34.7 Å². The minimum absolute atomic E-state index is 0.0567. The number of nitrogens with zero attached hydrogens (tertiary/aromatic N) is 7. The Bertz CT molecular complexity index is 1900. The zero-order valence-corrected chi connectivity index (χ0v) is 26.1. The molecule has 0 radical (unpaired) electrons. The number of rotatable bonds is 6. The first kappa shape index (κ1) is 28.3. The van der Waals surface area contributed by atoms with E-state index in [1.807, 2.05) is 34.7 Å². The molecule has 7 rings (SSSR count). The van der Waals surface area contributed by atoms with Crippen molar-refractivity contribution in [1.29, 1.82) is 0 Å². The molecule has 222 valence electrons. The van der Waals surface area contributed by atoms with Gasteiger partial charge in [0, 0.05) is 16.8 Å². The van der Waals surface area contributed by atoms with Gasteiger partial charge >= 0.3 is 0 Å². The monoisotopic (exact) mass is 640 g/mol. The van der Waals surface area contributed by atoms with Gasteiger partial charge in [0.1, 0.15) is 12.3 Å². The molecule has 0 amide bonds. The number of pyridine rings is 1. The van der Waals surface area contributed by atoms with E-state index >= 15 is 4.39 Å². The van der Waals surface area contributed by atoms with Crippen molar-refractivity contribution < 1.29 is 18.0 Å². The third-order valence-corrected chi connectivity index (χ3v) is 10.2. The van der Waals surface area contributed by atoms with Crippen molar-refractivity contribution in [2.75, 3.05) is 51.8 Å². The lowest BCUT2D eigenvalue weighted by atomic mass is 10.1. The molecule has 43 heavy (non-hydrogen) atoms. The van der Waals surface area contributed by atoms with Gasteiger partial charge in [-0.25, -0.2) is 4.39 Å². The maximum absolute atomic E-state index is 15.8. The Hall–Kier alpha value is -3.52. The van der Waals surface area contributed by atoms with Gasteiger partial charge in [-0.05, 0) is 37.3 Å². The summed E-state index contributed by atoms with van der Waals surface area (Å²) in [4.78, 5) is 15.8. The van der Waals surface area contributed by atoms with Gasteiger partial charge in [0.05, 0.1) is 68.5 Å². The van der Waals surface area contributed by atoms with Crippen molar-refractivity contribution in [1.82, 2.24) is 25.0 Å². The molecule has 3 aromatic heterocycles. The number of halogens is 2. The number of aromatic nitrogens is 5. The number of anilines is 1. The molecule has 2 aromatic carbocycles. The molecule has 1 fully saturated rings. The lowest BCUT2D eigenvalue weighted by Crippen LogP contribution is -2.55. The van der Waals surface area contributed by atoms with Gasteiger partial charge in [0.15, 0.2) is 26.3 Å². The highest BCUT2D eigenvalue weighted by atomic mass is 35.5. The van der Waals surface area contributed by atoms with Crippen LogP contribution in [0.2, 0.25) is 5.02 Å². The molecule has 0 aliphatic carbocycles. The lowest BCUT2D eigenvalue weighted by molar-refractivity contribution is -0.890. The van der Waals surface area contributed by atoms with Crippen molar-refractivity contribution in [3.63, 3.8) is 0 Å². The molecular weight excluding hydrogens is 613 g/mol. The molecule has 0 spiro atoms. The second kappa shape index (κ2) is 10.9. The highest BCUT2D eigenvalue weighted by molar-refractivity contribution is 8.00. The normalized spacial score (nSPS) is 17.8. The minimum atomic E-state index is -0.448. The summed E-state index contributed by atoms with van der Waals surface area (Å²) in [5, 5.41) is 18.2. The SMILES string of the molecule is C[C@H]1COc2c(N3CC[N+](C)(C)CC3)c(F)cc3c(=O)c(-c4nnc(SCc5nnc(-c6ccc(Cl)cc6)o5)s4)cn1c23. The van der Waals surface area contributed by atoms with Gasteiger partial charge in [-0.3, -0.25) is 4.79 Å². The first-order chi connectivity index (χ1) is 20.7. The topological polar surface area (TPSA) is 99.2 Å². The first-order valence-electron chi connectivity index (χ1n) is 13.8. The molecule has 1 saturated heterocycles. The fourth-order valence-electron chi connectivity index (χ4n) is 5.41. The fourth-order valence-corrected chi connectivity index (χ4v) is 7.23. The zero-order valence-electron chi connectivity index (χ0n) is 23.7. The van der Waals surface area contributed by atoms with E-state index in [2.05, 4.69) is 34.5 Å². The van der Waals surface area contributed by atoms with E-state index in [0.717, 1.165) is 23.1 Å². The summed E-state index contributed by atoms with van der Waals surface area (Å²) >= 11 is 8.64. The van der Waals surface area contributed by atoms with Crippen molar-refractivity contribution in [2.24, 2.45) is 0 Å². The Morgan fingerprint density at radius 3 is 2.67 bits per heavy atom. The third-order valence-electron chi connectivity index (χ3n) is 7.92. The summed E-state index contributed by atoms with van der Waals surface area (Å²) in [6.07, 6.45) is 1.81. The molecule has 0 unspecified atom stereocenters. The summed E-state index contributed by atoms with van der Waals surface area (Å²) in [5.41, 5.74) is 1.91. The predicted molar refractivity (Wildman–Crippen MR) is 166 cm³/mol. The summed E-state index contributed by atoms with van der Waals surface area (Å²) in [7, 11) is 4.35. The molecule has 2 aliphatic rings. The maximum atomic E-state index is 15.8.